The van der Waals surface area contributed by atoms with Crippen molar-refractivity contribution in [2.75, 3.05) is 90.9 Å². The summed E-state index contributed by atoms with van der Waals surface area (Å²) < 4.78 is 156. The molecule has 27 nitrogen and oxygen atoms in total. The fourth-order valence-corrected chi connectivity index (χ4v) is 19.3. The minimum Gasteiger partial charge on any atom is -0.507 e. The van der Waals surface area contributed by atoms with Crippen LogP contribution in [0.25, 0.3) is 83.2 Å². The summed E-state index contributed by atoms with van der Waals surface area (Å²) >= 11 is 0. The van der Waals surface area contributed by atoms with Crippen molar-refractivity contribution in [3.8, 4) is 73.4 Å². The molecule has 3 amide bonds. The summed E-state index contributed by atoms with van der Waals surface area (Å²) in [6, 6.07) is 12.4. The minimum atomic E-state index is -1.28. The van der Waals surface area contributed by atoms with Gasteiger partial charge in [0.15, 0.2) is 40.7 Å². The molecule has 12 aromatic rings. The van der Waals surface area contributed by atoms with E-state index < -0.39 is 149 Å². The minimum absolute atomic E-state index is 0.0165. The van der Waals surface area contributed by atoms with Gasteiger partial charge in [0.25, 0.3) is 0 Å². The molecule has 3 fully saturated rings. The van der Waals surface area contributed by atoms with Gasteiger partial charge in [-0.3, -0.25) is 43.0 Å². The van der Waals surface area contributed by atoms with E-state index in [1.165, 1.54) is 36.4 Å². The van der Waals surface area contributed by atoms with Crippen molar-refractivity contribution in [1.82, 2.24) is 58.3 Å². The van der Waals surface area contributed by atoms with Gasteiger partial charge in [-0.05, 0) is 149 Å². The van der Waals surface area contributed by atoms with Gasteiger partial charge < -0.3 is 59.7 Å². The number of carbonyl (C=O) groups excluding carboxylic acids is 3. The number of pyridine rings is 3. The number of halogens is 9. The highest BCUT2D eigenvalue weighted by molar-refractivity contribution is 6.08. The number of aryl methyl sites for hydroxylation is 3. The van der Waals surface area contributed by atoms with Crippen molar-refractivity contribution in [2.45, 2.75) is 137 Å². The second-order valence-electron chi connectivity index (χ2n) is 35.0. The molecule has 12 heterocycles. The molecular weight excluding hydrogens is 1730 g/mol. The fourth-order valence-electron chi connectivity index (χ4n) is 19.3. The molecule has 6 aromatic heterocycles. The first-order valence-electron chi connectivity index (χ1n) is 43.2. The molecule has 0 saturated carbocycles. The number of aromatic nitrogens is 9. The molecule has 6 unspecified atom stereocenters. The summed E-state index contributed by atoms with van der Waals surface area (Å²) in [4.78, 5) is 119. The van der Waals surface area contributed by atoms with Crippen LogP contribution in [-0.2, 0) is 14.4 Å². The number of fused-ring (bicyclic) bond motifs is 6. The van der Waals surface area contributed by atoms with Gasteiger partial charge in [0.05, 0.1) is 113 Å². The zero-order valence-corrected chi connectivity index (χ0v) is 74.8. The number of benzene rings is 6. The lowest BCUT2D eigenvalue weighted by Gasteiger charge is -2.45. The quantitative estimate of drug-likeness (QED) is 0.0652. The maximum absolute atomic E-state index is 17.2. The fraction of sp³-hybridized carbons (Fsp3) is 0.320. The predicted octanol–water partition coefficient (Wildman–Crippen LogP) is 15.1. The summed E-state index contributed by atoms with van der Waals surface area (Å²) in [5, 5.41) is 34.8. The molecular formula is C97H94F9N17O10. The van der Waals surface area contributed by atoms with Crippen LogP contribution in [0.5, 0.6) is 23.0 Å². The number of nitrogens with one attached hydrogen (secondary N) is 1. The van der Waals surface area contributed by atoms with E-state index in [1.54, 1.807) is 94.0 Å². The first-order chi connectivity index (χ1) is 63.3. The smallest absolute Gasteiger partial charge is 0.354 e. The van der Waals surface area contributed by atoms with Crippen LogP contribution >= 0.6 is 0 Å². The number of phenolic OH excluding ortho intramolecular Hbond substituents is 3. The monoisotopic (exact) mass is 1830 g/mol. The SMILES string of the molecule is C=CC(=O)N1CC2CN(C)c3c(F)c(-c4c(O)cccc4F)c(F)c4c3c(nc(=O)n4-c3c(C)ccnc3C(C)C)N2CC1C.C=CC(=O)N1CC2CNc3c(F)c(-c4c(O)cccc4F)c(F)c4c3c(nc(=O)n4-c3c(C)ccnc3C(C)C)N2CC1C.C=CC(=O)N1CC2COc3c(F)c(-c4c(O)cccc4F)c(F)c4c3c(nc(=O)n4-c3c(C)ccnc3C(C)C)N2CC1C. The first-order valence-corrected chi connectivity index (χ1v) is 43.2. The van der Waals surface area contributed by atoms with Crippen molar-refractivity contribution < 1.29 is 74.0 Å². The Balaban J connectivity index is 0.000000145. The molecule has 36 heteroatoms. The summed E-state index contributed by atoms with van der Waals surface area (Å²) in [6.45, 7) is 33.9. The highest BCUT2D eigenvalue weighted by Gasteiger charge is 2.47. The number of likely N-dealkylation sites (N-methyl/N-ethyl adjacent to an activating group) is 1. The van der Waals surface area contributed by atoms with Crippen LogP contribution in [0.2, 0.25) is 0 Å². The number of carbonyl (C=O) groups is 3. The van der Waals surface area contributed by atoms with Gasteiger partial charge in [0.1, 0.15) is 75.3 Å². The molecule has 18 rings (SSSR count). The highest BCUT2D eigenvalue weighted by atomic mass is 19.2. The number of anilines is 5. The number of nitrogens with zero attached hydrogens (tertiary/aromatic N) is 16. The van der Waals surface area contributed by atoms with Crippen molar-refractivity contribution in [3.05, 3.63) is 247 Å². The molecule has 6 aliphatic heterocycles. The Hall–Kier alpha value is -14.6. The molecule has 0 bridgehead atoms. The van der Waals surface area contributed by atoms with E-state index in [0.717, 1.165) is 50.1 Å². The van der Waals surface area contributed by atoms with Crippen molar-refractivity contribution in [2.24, 2.45) is 0 Å². The highest BCUT2D eigenvalue weighted by Crippen LogP contribution is 2.53. The third-order valence-corrected chi connectivity index (χ3v) is 25.5. The number of phenols is 3. The Bertz CT molecular complexity index is 6790. The lowest BCUT2D eigenvalue weighted by molar-refractivity contribution is -0.129. The van der Waals surface area contributed by atoms with Crippen LogP contribution in [0.1, 0.15) is 114 Å². The van der Waals surface area contributed by atoms with Gasteiger partial charge >= 0.3 is 17.1 Å². The standard InChI is InChI=1S/C33H33F3N6O3.C32H31F3N6O3.C32H30F3N5O4/c1-7-22(44)40-15-19-14-39(6)30-25-31(27(36)24(26(30)35)23-20(34)9-8-10-21(23)43)42(29-17(4)11-12-37-28(29)16(2)3)33(45)38-32(25)41(19)13-18(40)5;1-6-21(43)39-14-18-12-37-28-24-30(26(35)23(25(28)34)22-19(33)8-7-9-20(22)42)41(29-16(4)10-11-36-27(29)15(2)3)32(44)38-31(24)40(18)13-17(39)5;1-6-21(42)38-13-18-14-44-30-24-29(25(34)23(26(30)35)22-19(33)8-7-9-20(22)41)40(28-16(4)10-11-36-27(28)15(2)3)32(43)37-31(24)39(18)12-17(38)5/h7-12,16,18-19,43H,1,13-15H2,2-6H3;6-11,15,17-18,37,42H,1,12-14H2,2-5H3;6-11,15,17-18,41H,1,12-14H2,2-5H3. The van der Waals surface area contributed by atoms with Gasteiger partial charge in [-0.15, -0.1) is 0 Å². The van der Waals surface area contributed by atoms with E-state index in [2.05, 4.69) is 55.0 Å². The predicted molar refractivity (Wildman–Crippen MR) is 488 cm³/mol. The molecule has 690 valence electrons. The van der Waals surface area contributed by atoms with Crippen molar-refractivity contribution in [3.63, 3.8) is 0 Å². The molecule has 0 aliphatic carbocycles. The van der Waals surface area contributed by atoms with E-state index >= 15 is 39.5 Å². The lowest BCUT2D eigenvalue weighted by atomic mass is 9.97. The number of ether oxygens (including phenoxy) is 1. The van der Waals surface area contributed by atoms with E-state index in [0.29, 0.717) is 33.8 Å². The zero-order chi connectivity index (χ0) is 95.7. The van der Waals surface area contributed by atoms with Crippen LogP contribution in [0, 0.1) is 73.1 Å². The van der Waals surface area contributed by atoms with Crippen molar-refractivity contribution in [1.29, 1.82) is 0 Å². The number of hydrogen-bond donors (Lipinski definition) is 4. The van der Waals surface area contributed by atoms with Crippen LogP contribution in [-0.4, -0.2) is 194 Å². The van der Waals surface area contributed by atoms with E-state index in [4.69, 9.17) is 4.74 Å². The first kappa shape index (κ1) is 91.7. The van der Waals surface area contributed by atoms with Crippen molar-refractivity contribution >= 4 is 79.3 Å². The van der Waals surface area contributed by atoms with Gasteiger partial charge in [-0.2, -0.15) is 15.0 Å². The van der Waals surface area contributed by atoms with E-state index in [1.807, 2.05) is 67.2 Å². The molecule has 0 spiro atoms. The second-order valence-corrected chi connectivity index (χ2v) is 35.0. The maximum atomic E-state index is 17.2. The molecule has 4 N–H and O–H groups in total. The Morgan fingerprint density at radius 1 is 0.429 bits per heavy atom. The molecule has 133 heavy (non-hydrogen) atoms. The molecule has 3 saturated heterocycles. The Labute approximate surface area is 756 Å². The van der Waals surface area contributed by atoms with Gasteiger partial charge in [-0.1, -0.05) is 79.5 Å². The van der Waals surface area contributed by atoms with E-state index in [9.17, 15) is 44.1 Å². The van der Waals surface area contributed by atoms with Gasteiger partial charge in [0.2, 0.25) is 17.7 Å². The lowest BCUT2D eigenvalue weighted by Crippen LogP contribution is -2.61. The number of aromatic hydroxyl groups is 3. The second kappa shape index (κ2) is 35.3. The third-order valence-electron chi connectivity index (χ3n) is 25.5. The van der Waals surface area contributed by atoms with Gasteiger partial charge in [-0.25, -0.2) is 53.9 Å². The Morgan fingerprint density at radius 3 is 1.16 bits per heavy atom. The molecule has 6 aromatic carbocycles. The molecule has 6 atom stereocenters. The topological polar surface area (TPSA) is 299 Å². The van der Waals surface area contributed by atoms with Crippen LogP contribution < -0.4 is 46.7 Å². The number of amides is 3. The Kier molecular flexibility index (Phi) is 24.3. The summed E-state index contributed by atoms with van der Waals surface area (Å²) in [7, 11) is 1.61. The normalized spacial score (nSPS) is 17.9. The molecule has 0 radical (unpaired) electrons. The summed E-state index contributed by atoms with van der Waals surface area (Å²) in [6.07, 6.45) is 8.38. The van der Waals surface area contributed by atoms with Gasteiger partial charge in [0, 0.05) is 96.1 Å². The molecule has 6 aliphatic rings. The number of piperazine rings is 3. The third kappa shape index (κ3) is 15.1. The Morgan fingerprint density at radius 2 is 0.767 bits per heavy atom. The number of hydrogen-bond acceptors (Lipinski definition) is 21. The van der Waals surface area contributed by atoms with Crippen LogP contribution in [0.3, 0.4) is 0 Å². The largest absolute Gasteiger partial charge is 0.507 e. The summed E-state index contributed by atoms with van der Waals surface area (Å²) in [5.74, 6) is -14.3. The summed E-state index contributed by atoms with van der Waals surface area (Å²) in [5.41, 5.74) is -4.50. The van der Waals surface area contributed by atoms with Crippen LogP contribution in [0.4, 0.5) is 68.3 Å². The van der Waals surface area contributed by atoms with E-state index in [-0.39, 0.29) is 186 Å². The number of rotatable bonds is 12. The average molecular weight is 1830 g/mol. The maximum Gasteiger partial charge on any atom is 0.354 e. The van der Waals surface area contributed by atoms with Crippen LogP contribution in [0.15, 0.2) is 144 Å². The zero-order valence-electron chi connectivity index (χ0n) is 74.8. The average Bonchev–Trinajstić information content (AvgIpc) is 1.68.